The number of Topliss-reactive ketones (excluding diaryl/α,β-unsaturated/α-hetero) is 1. The zero-order valence-electron chi connectivity index (χ0n) is 15.0. The number of likely N-dealkylation sites (tertiary alicyclic amines) is 1. The molecule has 0 saturated carbocycles. The third-order valence-corrected chi connectivity index (χ3v) is 3.55. The van der Waals surface area contributed by atoms with Crippen molar-refractivity contribution in [3.05, 3.63) is 24.2 Å². The van der Waals surface area contributed by atoms with Crippen LogP contribution in [0.1, 0.15) is 20.8 Å². The average molecular weight is 355 g/mol. The van der Waals surface area contributed by atoms with Gasteiger partial charge in [0, 0.05) is 7.11 Å². The molecular weight excluding hydrogens is 330 g/mol. The number of hydrogen-bond acceptors (Lipinski definition) is 7. The van der Waals surface area contributed by atoms with E-state index in [1.54, 1.807) is 34.0 Å². The summed E-state index contributed by atoms with van der Waals surface area (Å²) in [6.07, 6.45) is 3.26. The van der Waals surface area contributed by atoms with Gasteiger partial charge in [-0.15, -0.1) is 0 Å². The molecule has 8 heteroatoms. The molecule has 0 spiro atoms. The molecule has 2 heterocycles. The number of ether oxygens (including phenoxy) is 5. The molecular formula is C17H25NO7. The first-order valence-corrected chi connectivity index (χ1v) is 8.07. The fourth-order valence-corrected chi connectivity index (χ4v) is 2.48. The minimum atomic E-state index is -0.663. The lowest BCUT2D eigenvalue weighted by Crippen LogP contribution is -2.46. The highest BCUT2D eigenvalue weighted by atomic mass is 16.7. The minimum absolute atomic E-state index is 0.00149. The Morgan fingerprint density at radius 1 is 1.36 bits per heavy atom. The second-order valence-corrected chi connectivity index (χ2v) is 6.66. The maximum absolute atomic E-state index is 12.5. The molecule has 0 aromatic carbocycles. The number of carbonyl (C=O) groups is 2. The van der Waals surface area contributed by atoms with Gasteiger partial charge in [0.25, 0.3) is 0 Å². The van der Waals surface area contributed by atoms with Crippen LogP contribution in [0, 0.1) is 0 Å². The van der Waals surface area contributed by atoms with Crippen molar-refractivity contribution in [1.82, 2.24) is 4.90 Å². The van der Waals surface area contributed by atoms with Gasteiger partial charge < -0.3 is 23.7 Å². The van der Waals surface area contributed by atoms with Crippen molar-refractivity contribution in [1.29, 1.82) is 0 Å². The van der Waals surface area contributed by atoms with Crippen LogP contribution in [0.25, 0.3) is 0 Å². The number of nitrogens with zero attached hydrogens (tertiary/aromatic N) is 1. The van der Waals surface area contributed by atoms with Crippen LogP contribution in [0.3, 0.4) is 0 Å². The van der Waals surface area contributed by atoms with Crippen LogP contribution in [0.5, 0.6) is 0 Å². The van der Waals surface area contributed by atoms with Crippen molar-refractivity contribution in [3.63, 3.8) is 0 Å². The number of amides is 1. The Hall–Kier alpha value is -1.90. The summed E-state index contributed by atoms with van der Waals surface area (Å²) in [6, 6.07) is -0.618. The normalized spacial score (nSPS) is 23.0. The average Bonchev–Trinajstić information content (AvgIpc) is 2.71. The Morgan fingerprint density at radius 3 is 2.80 bits per heavy atom. The predicted octanol–water partition coefficient (Wildman–Crippen LogP) is 1.61. The van der Waals surface area contributed by atoms with Crippen molar-refractivity contribution < 1.29 is 33.3 Å². The molecule has 1 saturated heterocycles. The summed E-state index contributed by atoms with van der Waals surface area (Å²) in [6.45, 7) is 6.06. The quantitative estimate of drug-likeness (QED) is 0.529. The largest absolute Gasteiger partial charge is 0.472 e. The molecule has 2 atom stereocenters. The molecule has 0 unspecified atom stereocenters. The van der Waals surface area contributed by atoms with Crippen LogP contribution >= 0.6 is 0 Å². The van der Waals surface area contributed by atoms with Crippen LogP contribution in [-0.4, -0.2) is 68.2 Å². The van der Waals surface area contributed by atoms with Crippen LogP contribution in [0.4, 0.5) is 4.79 Å². The summed E-state index contributed by atoms with van der Waals surface area (Å²) in [4.78, 5) is 26.1. The molecule has 25 heavy (non-hydrogen) atoms. The highest BCUT2D eigenvalue weighted by Gasteiger charge is 2.45. The lowest BCUT2D eigenvalue weighted by molar-refractivity contribution is -0.114. The standard InChI is InChI=1S/C17H25NO7/c1-17(2,3)25-16(20)18-9-13(19)12-10-22-6-5-14(15(12)18)24-11-23-8-7-21-4/h5-6,10,14-15H,7-9,11H2,1-4H3/t14-,15+/m1/s1. The third-order valence-electron chi connectivity index (χ3n) is 3.55. The van der Waals surface area contributed by atoms with E-state index in [-0.39, 0.29) is 19.1 Å². The lowest BCUT2D eigenvalue weighted by atomic mass is 10.0. The molecule has 0 bridgehead atoms. The number of hydrogen-bond donors (Lipinski definition) is 0. The SMILES string of the molecule is COCCOCO[C@@H]1C=COC=C2C(=O)CN(C(=O)OC(C)(C)C)[C@@H]21. The van der Waals surface area contributed by atoms with E-state index in [1.807, 2.05) is 0 Å². The highest BCUT2D eigenvalue weighted by Crippen LogP contribution is 2.29. The zero-order chi connectivity index (χ0) is 18.4. The lowest BCUT2D eigenvalue weighted by Gasteiger charge is -2.31. The molecule has 1 amide bonds. The van der Waals surface area contributed by atoms with Crippen molar-refractivity contribution in [2.24, 2.45) is 0 Å². The number of methoxy groups -OCH3 is 1. The van der Waals surface area contributed by atoms with E-state index in [1.165, 1.54) is 17.4 Å². The van der Waals surface area contributed by atoms with Gasteiger partial charge in [-0.1, -0.05) is 0 Å². The van der Waals surface area contributed by atoms with Crippen molar-refractivity contribution >= 4 is 11.9 Å². The second kappa shape index (κ2) is 8.46. The maximum Gasteiger partial charge on any atom is 0.411 e. The summed E-state index contributed by atoms with van der Waals surface area (Å²) in [5, 5.41) is 0. The van der Waals surface area contributed by atoms with Crippen LogP contribution < -0.4 is 0 Å². The summed E-state index contributed by atoms with van der Waals surface area (Å²) in [5.74, 6) is -0.200. The predicted molar refractivity (Wildman–Crippen MR) is 87.6 cm³/mol. The molecule has 0 N–H and O–H groups in total. The smallest absolute Gasteiger partial charge is 0.411 e. The maximum atomic E-state index is 12.5. The first-order chi connectivity index (χ1) is 11.8. The Kier molecular flexibility index (Phi) is 6.57. The second-order valence-electron chi connectivity index (χ2n) is 6.66. The van der Waals surface area contributed by atoms with Crippen molar-refractivity contribution in [2.75, 3.05) is 33.7 Å². The number of carbonyl (C=O) groups excluding carboxylic acids is 2. The first-order valence-electron chi connectivity index (χ1n) is 8.07. The molecule has 2 aliphatic heterocycles. The van der Waals surface area contributed by atoms with Crippen LogP contribution in [-0.2, 0) is 28.5 Å². The van der Waals surface area contributed by atoms with E-state index >= 15 is 0 Å². The highest BCUT2D eigenvalue weighted by molar-refractivity contribution is 6.03. The van der Waals surface area contributed by atoms with Gasteiger partial charge in [-0.25, -0.2) is 4.79 Å². The Labute approximate surface area is 147 Å². The van der Waals surface area contributed by atoms with Gasteiger partial charge in [0.1, 0.15) is 18.5 Å². The first kappa shape index (κ1) is 19.4. The molecule has 2 rings (SSSR count). The van der Waals surface area contributed by atoms with E-state index in [0.717, 1.165) is 0 Å². The van der Waals surface area contributed by atoms with Gasteiger partial charge >= 0.3 is 6.09 Å². The number of rotatable bonds is 6. The molecule has 0 radical (unpaired) electrons. The molecule has 140 valence electrons. The van der Waals surface area contributed by atoms with Crippen molar-refractivity contribution in [3.8, 4) is 0 Å². The summed E-state index contributed by atoms with van der Waals surface area (Å²) in [7, 11) is 1.58. The summed E-state index contributed by atoms with van der Waals surface area (Å²) in [5.41, 5.74) is -0.290. The molecule has 0 aromatic rings. The van der Waals surface area contributed by atoms with E-state index in [0.29, 0.717) is 18.8 Å². The van der Waals surface area contributed by atoms with E-state index in [2.05, 4.69) is 0 Å². The monoisotopic (exact) mass is 355 g/mol. The fourth-order valence-electron chi connectivity index (χ4n) is 2.48. The van der Waals surface area contributed by atoms with Gasteiger partial charge in [0.2, 0.25) is 0 Å². The van der Waals surface area contributed by atoms with Crippen LogP contribution in [0.15, 0.2) is 24.2 Å². The van der Waals surface area contributed by atoms with Crippen LogP contribution in [0.2, 0.25) is 0 Å². The molecule has 2 aliphatic rings. The van der Waals surface area contributed by atoms with E-state index < -0.39 is 23.8 Å². The Morgan fingerprint density at radius 2 is 2.12 bits per heavy atom. The molecule has 1 fully saturated rings. The molecule has 8 nitrogen and oxygen atoms in total. The van der Waals surface area contributed by atoms with Gasteiger partial charge in [0.15, 0.2) is 5.78 Å². The Balaban J connectivity index is 2.09. The van der Waals surface area contributed by atoms with E-state index in [9.17, 15) is 9.59 Å². The van der Waals surface area contributed by atoms with Crippen molar-refractivity contribution in [2.45, 2.75) is 38.5 Å². The fraction of sp³-hybridized carbons (Fsp3) is 0.647. The molecule has 0 aliphatic carbocycles. The third kappa shape index (κ3) is 5.29. The van der Waals surface area contributed by atoms with Gasteiger partial charge in [0.05, 0.1) is 43.9 Å². The van der Waals surface area contributed by atoms with Gasteiger partial charge in [-0.05, 0) is 26.8 Å². The molecule has 0 aromatic heterocycles. The number of fused-ring (bicyclic) bond motifs is 1. The summed E-state index contributed by atoms with van der Waals surface area (Å²) < 4.78 is 26.5. The topological polar surface area (TPSA) is 83.5 Å². The summed E-state index contributed by atoms with van der Waals surface area (Å²) >= 11 is 0. The van der Waals surface area contributed by atoms with Gasteiger partial charge in [-0.3, -0.25) is 9.69 Å². The number of ketones is 1. The minimum Gasteiger partial charge on any atom is -0.472 e. The zero-order valence-corrected chi connectivity index (χ0v) is 15.0. The van der Waals surface area contributed by atoms with Gasteiger partial charge in [-0.2, -0.15) is 0 Å². The Bertz CT molecular complexity index is 550. The van der Waals surface area contributed by atoms with E-state index in [4.69, 9.17) is 23.7 Å².